The summed E-state index contributed by atoms with van der Waals surface area (Å²) in [5.74, 6) is 0.743. The number of amides is 1. The number of hydrogen-bond donors (Lipinski definition) is 1. The van der Waals surface area contributed by atoms with Crippen molar-refractivity contribution in [2.45, 2.75) is 13.2 Å². The molecular formula is C18H15FN2O4. The third-order valence-corrected chi connectivity index (χ3v) is 3.36. The van der Waals surface area contributed by atoms with Crippen LogP contribution < -0.4 is 10.5 Å². The lowest BCUT2D eigenvalue weighted by Gasteiger charge is -2.06. The second-order valence-corrected chi connectivity index (χ2v) is 5.23. The molecule has 0 unspecified atom stereocenters. The maximum atomic E-state index is 13.1. The predicted molar refractivity (Wildman–Crippen MR) is 87.0 cm³/mol. The van der Waals surface area contributed by atoms with Crippen LogP contribution in [0.25, 0.3) is 11.3 Å². The molecule has 0 atom stereocenters. The van der Waals surface area contributed by atoms with Gasteiger partial charge in [-0.25, -0.2) is 9.18 Å². The molecule has 0 aliphatic carbocycles. The van der Waals surface area contributed by atoms with Crippen LogP contribution in [0.15, 0.2) is 59.1 Å². The molecule has 7 heteroatoms. The molecule has 1 heterocycles. The van der Waals surface area contributed by atoms with E-state index in [2.05, 4.69) is 9.89 Å². The Labute approximate surface area is 142 Å². The van der Waals surface area contributed by atoms with Crippen LogP contribution in [0.4, 0.5) is 9.18 Å². The zero-order valence-corrected chi connectivity index (χ0v) is 13.1. The highest BCUT2D eigenvalue weighted by Crippen LogP contribution is 2.23. The standard InChI is InChI=1S/C18H15FN2O4/c19-14-3-1-2-12(8-14)10-23-15-6-4-13(5-7-15)17-9-16(25-21-17)11-24-18(20)22/h1-9H,10-11H2,(H2,20,22). The van der Waals surface area contributed by atoms with E-state index in [1.165, 1.54) is 12.1 Å². The highest BCUT2D eigenvalue weighted by Gasteiger charge is 2.08. The summed E-state index contributed by atoms with van der Waals surface area (Å²) in [4.78, 5) is 10.6. The van der Waals surface area contributed by atoms with Crippen LogP contribution in [0, 0.1) is 5.82 Å². The van der Waals surface area contributed by atoms with Crippen LogP contribution in [0.3, 0.4) is 0 Å². The molecule has 1 amide bonds. The SMILES string of the molecule is NC(=O)OCc1cc(-c2ccc(OCc3cccc(F)c3)cc2)no1. The van der Waals surface area contributed by atoms with Gasteiger partial charge < -0.3 is 19.7 Å². The number of ether oxygens (including phenoxy) is 2. The quantitative estimate of drug-likeness (QED) is 0.739. The van der Waals surface area contributed by atoms with Crippen LogP contribution in [-0.4, -0.2) is 11.2 Å². The van der Waals surface area contributed by atoms with Gasteiger partial charge in [0.15, 0.2) is 12.4 Å². The minimum atomic E-state index is -0.877. The molecule has 0 aliphatic rings. The molecular weight excluding hydrogens is 327 g/mol. The normalized spacial score (nSPS) is 10.4. The molecule has 0 bridgehead atoms. The fourth-order valence-corrected chi connectivity index (χ4v) is 2.17. The Morgan fingerprint density at radius 3 is 2.64 bits per heavy atom. The first kappa shape index (κ1) is 16.5. The molecule has 2 aromatic carbocycles. The topological polar surface area (TPSA) is 87.6 Å². The van der Waals surface area contributed by atoms with E-state index < -0.39 is 6.09 Å². The van der Waals surface area contributed by atoms with E-state index in [4.69, 9.17) is 15.0 Å². The number of carbonyl (C=O) groups is 1. The van der Waals surface area contributed by atoms with Crippen molar-refractivity contribution in [3.63, 3.8) is 0 Å². The van der Waals surface area contributed by atoms with E-state index in [0.717, 1.165) is 11.1 Å². The molecule has 128 valence electrons. The van der Waals surface area contributed by atoms with Crippen LogP contribution in [-0.2, 0) is 18.0 Å². The molecule has 2 N–H and O–H groups in total. The average molecular weight is 342 g/mol. The van der Waals surface area contributed by atoms with Crippen molar-refractivity contribution in [3.05, 3.63) is 71.7 Å². The fourth-order valence-electron chi connectivity index (χ4n) is 2.17. The molecule has 3 rings (SSSR count). The van der Waals surface area contributed by atoms with Gasteiger partial charge in [-0.05, 0) is 42.0 Å². The van der Waals surface area contributed by atoms with Gasteiger partial charge in [0.1, 0.15) is 23.9 Å². The first-order valence-electron chi connectivity index (χ1n) is 7.45. The van der Waals surface area contributed by atoms with Gasteiger partial charge in [-0.15, -0.1) is 0 Å². The summed E-state index contributed by atoms with van der Waals surface area (Å²) < 4.78 is 28.5. The van der Waals surface area contributed by atoms with Crippen molar-refractivity contribution in [1.29, 1.82) is 0 Å². The third-order valence-electron chi connectivity index (χ3n) is 3.36. The first-order chi connectivity index (χ1) is 12.1. The molecule has 3 aromatic rings. The van der Waals surface area contributed by atoms with Crippen molar-refractivity contribution < 1.29 is 23.2 Å². The van der Waals surface area contributed by atoms with Crippen molar-refractivity contribution in [1.82, 2.24) is 5.16 Å². The highest BCUT2D eigenvalue weighted by atomic mass is 19.1. The van der Waals surface area contributed by atoms with Gasteiger partial charge in [0.2, 0.25) is 0 Å². The molecule has 0 spiro atoms. The Morgan fingerprint density at radius 1 is 1.12 bits per heavy atom. The van der Waals surface area contributed by atoms with E-state index >= 15 is 0 Å². The number of rotatable bonds is 6. The van der Waals surface area contributed by atoms with Gasteiger partial charge in [-0.2, -0.15) is 0 Å². The Balaban J connectivity index is 1.61. The van der Waals surface area contributed by atoms with E-state index in [9.17, 15) is 9.18 Å². The minimum absolute atomic E-state index is 0.0723. The van der Waals surface area contributed by atoms with Crippen LogP contribution in [0.5, 0.6) is 5.75 Å². The Morgan fingerprint density at radius 2 is 1.92 bits per heavy atom. The smallest absolute Gasteiger partial charge is 0.404 e. The number of nitrogens with two attached hydrogens (primary N) is 1. The van der Waals surface area contributed by atoms with Crippen molar-refractivity contribution in [2.75, 3.05) is 0 Å². The number of aromatic nitrogens is 1. The van der Waals surface area contributed by atoms with E-state index in [1.54, 1.807) is 30.3 Å². The van der Waals surface area contributed by atoms with Crippen LogP contribution in [0.1, 0.15) is 11.3 Å². The lowest BCUT2D eigenvalue weighted by atomic mass is 10.1. The van der Waals surface area contributed by atoms with Crippen LogP contribution >= 0.6 is 0 Å². The van der Waals surface area contributed by atoms with Gasteiger partial charge in [-0.1, -0.05) is 17.3 Å². The molecule has 0 saturated carbocycles. The van der Waals surface area contributed by atoms with E-state index in [-0.39, 0.29) is 19.0 Å². The second-order valence-electron chi connectivity index (χ2n) is 5.23. The number of hydrogen-bond acceptors (Lipinski definition) is 5. The van der Waals surface area contributed by atoms with E-state index in [1.807, 2.05) is 12.1 Å². The zero-order chi connectivity index (χ0) is 17.6. The van der Waals surface area contributed by atoms with E-state index in [0.29, 0.717) is 17.2 Å². The molecule has 0 saturated heterocycles. The van der Waals surface area contributed by atoms with Gasteiger partial charge in [0.25, 0.3) is 0 Å². The van der Waals surface area contributed by atoms with Gasteiger partial charge >= 0.3 is 6.09 Å². The Hall–Kier alpha value is -3.35. The number of halogens is 1. The lowest BCUT2D eigenvalue weighted by molar-refractivity contribution is 0.137. The van der Waals surface area contributed by atoms with Gasteiger partial charge in [-0.3, -0.25) is 0 Å². The summed E-state index contributed by atoms with van der Waals surface area (Å²) in [5.41, 5.74) is 7.05. The molecule has 0 radical (unpaired) electrons. The number of nitrogens with zero attached hydrogens (tertiary/aromatic N) is 1. The predicted octanol–water partition coefficient (Wildman–Crippen LogP) is 3.66. The molecule has 0 fully saturated rings. The molecule has 0 aliphatic heterocycles. The molecule has 6 nitrogen and oxygen atoms in total. The van der Waals surface area contributed by atoms with Gasteiger partial charge in [0, 0.05) is 11.6 Å². The maximum absolute atomic E-state index is 13.1. The Kier molecular flexibility index (Phi) is 4.94. The summed E-state index contributed by atoms with van der Waals surface area (Å²) in [7, 11) is 0. The number of primary amides is 1. The average Bonchev–Trinajstić information content (AvgIpc) is 3.08. The van der Waals surface area contributed by atoms with Crippen molar-refractivity contribution in [2.24, 2.45) is 5.73 Å². The van der Waals surface area contributed by atoms with Gasteiger partial charge in [0.05, 0.1) is 0 Å². The minimum Gasteiger partial charge on any atom is -0.489 e. The third kappa shape index (κ3) is 4.57. The summed E-state index contributed by atoms with van der Waals surface area (Å²) in [6.45, 7) is 0.201. The summed E-state index contributed by atoms with van der Waals surface area (Å²) in [6, 6.07) is 15.1. The Bertz CT molecular complexity index is 862. The van der Waals surface area contributed by atoms with Crippen molar-refractivity contribution >= 4 is 6.09 Å². The fraction of sp³-hybridized carbons (Fsp3) is 0.111. The molecule has 25 heavy (non-hydrogen) atoms. The highest BCUT2D eigenvalue weighted by molar-refractivity contribution is 5.64. The number of benzene rings is 2. The van der Waals surface area contributed by atoms with Crippen molar-refractivity contribution in [3.8, 4) is 17.0 Å². The zero-order valence-electron chi connectivity index (χ0n) is 13.1. The number of carbonyl (C=O) groups excluding carboxylic acids is 1. The maximum Gasteiger partial charge on any atom is 0.404 e. The summed E-state index contributed by atoms with van der Waals surface area (Å²) >= 11 is 0. The lowest BCUT2D eigenvalue weighted by Crippen LogP contribution is -2.12. The largest absolute Gasteiger partial charge is 0.489 e. The van der Waals surface area contributed by atoms with Crippen LogP contribution in [0.2, 0.25) is 0 Å². The summed E-state index contributed by atoms with van der Waals surface area (Å²) in [6.07, 6.45) is -0.877. The monoisotopic (exact) mass is 342 g/mol. The summed E-state index contributed by atoms with van der Waals surface area (Å²) in [5, 5.41) is 3.91. The second kappa shape index (κ2) is 7.48. The molecule has 1 aromatic heterocycles. The first-order valence-corrected chi connectivity index (χ1v) is 7.45.